The minimum absolute atomic E-state index is 0.121. The molecule has 1 atom stereocenters. The maximum atomic E-state index is 13.7. The zero-order chi connectivity index (χ0) is 22.0. The lowest BCUT2D eigenvalue weighted by Crippen LogP contribution is -2.51. The average molecular weight is 430 g/mol. The van der Waals surface area contributed by atoms with Crippen molar-refractivity contribution in [1.29, 1.82) is 0 Å². The van der Waals surface area contributed by atoms with Crippen LogP contribution in [0.1, 0.15) is 16.7 Å². The van der Waals surface area contributed by atoms with E-state index in [1.165, 1.54) is 19.1 Å². The van der Waals surface area contributed by atoms with E-state index in [-0.39, 0.29) is 4.90 Å². The second kappa shape index (κ2) is 8.62. The third-order valence-corrected chi connectivity index (χ3v) is 6.31. The van der Waals surface area contributed by atoms with Crippen molar-refractivity contribution in [3.8, 4) is 5.75 Å². The first-order valence-electron chi connectivity index (χ1n) is 8.87. The minimum Gasteiger partial charge on any atom is -0.497 e. The van der Waals surface area contributed by atoms with Crippen molar-refractivity contribution in [2.45, 2.75) is 37.9 Å². The van der Waals surface area contributed by atoms with Crippen molar-refractivity contribution in [1.82, 2.24) is 4.72 Å². The third kappa shape index (κ3) is 5.63. The van der Waals surface area contributed by atoms with Gasteiger partial charge in [0.1, 0.15) is 11.8 Å². The predicted octanol–water partition coefficient (Wildman–Crippen LogP) is 3.97. The fourth-order valence-corrected chi connectivity index (χ4v) is 4.93. The third-order valence-electron chi connectivity index (χ3n) is 4.54. The Labute approximate surface area is 169 Å². The first-order valence-corrected chi connectivity index (χ1v) is 10.4. The highest BCUT2D eigenvalue weighted by molar-refractivity contribution is 7.89. The fourth-order valence-electron chi connectivity index (χ4n) is 3.26. The normalized spacial score (nSPS) is 13.2. The summed E-state index contributed by atoms with van der Waals surface area (Å²) in [6.45, 7) is 4.35. The number of aryl methyl sites for hydroxylation is 3. The smallest absolute Gasteiger partial charge is 0.406 e. The Morgan fingerprint density at radius 1 is 1.07 bits per heavy atom. The Morgan fingerprint density at radius 3 is 2.03 bits per heavy atom. The number of ether oxygens (including phenoxy) is 1. The van der Waals surface area contributed by atoms with Crippen LogP contribution in [0.2, 0.25) is 0 Å². The largest absolute Gasteiger partial charge is 0.497 e. The number of rotatable bonds is 7. The molecule has 2 aromatic rings. The Hall–Kier alpha value is -2.26. The number of hydrogen-bond donors (Lipinski definition) is 1. The van der Waals surface area contributed by atoms with Crippen molar-refractivity contribution in [2.75, 3.05) is 25.6 Å². The van der Waals surface area contributed by atoms with Gasteiger partial charge in [0.05, 0.1) is 12.0 Å². The van der Waals surface area contributed by atoms with Gasteiger partial charge >= 0.3 is 6.18 Å². The first-order chi connectivity index (χ1) is 13.3. The zero-order valence-electron chi connectivity index (χ0n) is 17.0. The molecule has 2 aromatic carbocycles. The Kier molecular flexibility index (Phi) is 6.85. The van der Waals surface area contributed by atoms with Crippen LogP contribution >= 0.6 is 0 Å². The molecule has 0 aliphatic carbocycles. The second-order valence-corrected chi connectivity index (χ2v) is 8.67. The highest BCUT2D eigenvalue weighted by Crippen LogP contribution is 2.27. The standard InChI is InChI=1S/C20H25F3N2O3S/c1-13-10-14(2)19(15(3)11-13)29(26,27)24-18(20(21,22)23)12-25(4)16-6-8-17(28-5)9-7-16/h6-11,18,24H,12H2,1-5H3. The van der Waals surface area contributed by atoms with E-state index >= 15 is 0 Å². The summed E-state index contributed by atoms with van der Waals surface area (Å²) in [6, 6.07) is 7.44. The van der Waals surface area contributed by atoms with Crippen molar-refractivity contribution >= 4 is 15.7 Å². The molecule has 0 aliphatic heterocycles. The van der Waals surface area contributed by atoms with Gasteiger partial charge in [0.2, 0.25) is 10.0 Å². The molecule has 2 rings (SSSR count). The number of likely N-dealkylation sites (N-methyl/N-ethyl adjacent to an activating group) is 1. The molecule has 0 fully saturated rings. The van der Waals surface area contributed by atoms with Crippen LogP contribution in [0.5, 0.6) is 5.75 Å². The van der Waals surface area contributed by atoms with Crippen molar-refractivity contribution in [3.05, 3.63) is 53.1 Å². The van der Waals surface area contributed by atoms with Gasteiger partial charge in [-0.15, -0.1) is 0 Å². The molecule has 5 nitrogen and oxygen atoms in total. The van der Waals surface area contributed by atoms with Crippen LogP contribution in [0.4, 0.5) is 18.9 Å². The number of alkyl halides is 3. The number of methoxy groups -OCH3 is 1. The van der Waals surface area contributed by atoms with Crippen LogP contribution in [0.3, 0.4) is 0 Å². The Balaban J connectivity index is 2.31. The molecule has 0 heterocycles. The summed E-state index contributed by atoms with van der Waals surface area (Å²) in [4.78, 5) is 1.22. The van der Waals surface area contributed by atoms with E-state index < -0.39 is 28.8 Å². The predicted molar refractivity (Wildman–Crippen MR) is 107 cm³/mol. The van der Waals surface area contributed by atoms with E-state index in [0.29, 0.717) is 22.6 Å². The molecule has 0 bridgehead atoms. The summed E-state index contributed by atoms with van der Waals surface area (Å²) in [5.41, 5.74) is 2.14. The first kappa shape index (κ1) is 23.0. The topological polar surface area (TPSA) is 58.6 Å². The summed E-state index contributed by atoms with van der Waals surface area (Å²) < 4.78 is 73.4. The van der Waals surface area contributed by atoms with Crippen molar-refractivity contribution < 1.29 is 26.3 Å². The fraction of sp³-hybridized carbons (Fsp3) is 0.400. The molecule has 29 heavy (non-hydrogen) atoms. The van der Waals surface area contributed by atoms with Gasteiger partial charge in [-0.3, -0.25) is 0 Å². The quantitative estimate of drug-likeness (QED) is 0.722. The molecular weight excluding hydrogens is 405 g/mol. The van der Waals surface area contributed by atoms with Gasteiger partial charge in [-0.1, -0.05) is 17.7 Å². The van der Waals surface area contributed by atoms with Gasteiger partial charge in [0.15, 0.2) is 0 Å². The Morgan fingerprint density at radius 2 is 1.59 bits per heavy atom. The SMILES string of the molecule is COc1ccc(N(C)CC(NS(=O)(=O)c2c(C)cc(C)cc2C)C(F)(F)F)cc1. The lowest BCUT2D eigenvalue weighted by atomic mass is 10.1. The monoisotopic (exact) mass is 430 g/mol. The highest BCUT2D eigenvalue weighted by atomic mass is 32.2. The van der Waals surface area contributed by atoms with Gasteiger partial charge in [-0.2, -0.15) is 17.9 Å². The number of benzene rings is 2. The van der Waals surface area contributed by atoms with E-state index in [4.69, 9.17) is 4.74 Å². The van der Waals surface area contributed by atoms with E-state index in [1.54, 1.807) is 57.2 Å². The molecule has 1 N–H and O–H groups in total. The molecule has 0 aliphatic rings. The van der Waals surface area contributed by atoms with Gasteiger partial charge in [0.25, 0.3) is 0 Å². The maximum absolute atomic E-state index is 13.7. The summed E-state index contributed by atoms with van der Waals surface area (Å²) in [5, 5.41) is 0. The molecule has 9 heteroatoms. The molecule has 160 valence electrons. The summed E-state index contributed by atoms with van der Waals surface area (Å²) in [6.07, 6.45) is -4.76. The van der Waals surface area contributed by atoms with Crippen LogP contribution in [0.15, 0.2) is 41.3 Å². The number of hydrogen-bond acceptors (Lipinski definition) is 4. The molecular formula is C20H25F3N2O3S. The van der Waals surface area contributed by atoms with Crippen LogP contribution in [-0.4, -0.2) is 41.3 Å². The number of halogens is 3. The number of sulfonamides is 1. The van der Waals surface area contributed by atoms with Crippen LogP contribution < -0.4 is 14.4 Å². The van der Waals surface area contributed by atoms with E-state index in [2.05, 4.69) is 0 Å². The molecule has 0 amide bonds. The molecule has 1 unspecified atom stereocenters. The van der Waals surface area contributed by atoms with E-state index in [0.717, 1.165) is 5.56 Å². The number of nitrogens with one attached hydrogen (secondary N) is 1. The van der Waals surface area contributed by atoms with Crippen LogP contribution in [-0.2, 0) is 10.0 Å². The minimum atomic E-state index is -4.76. The molecule has 0 saturated carbocycles. The molecule has 0 saturated heterocycles. The Bertz CT molecular complexity index is 935. The summed E-state index contributed by atoms with van der Waals surface area (Å²) >= 11 is 0. The van der Waals surface area contributed by atoms with Crippen LogP contribution in [0, 0.1) is 20.8 Å². The van der Waals surface area contributed by atoms with Crippen molar-refractivity contribution in [3.63, 3.8) is 0 Å². The molecule has 0 spiro atoms. The average Bonchev–Trinajstić information content (AvgIpc) is 2.59. The lowest BCUT2D eigenvalue weighted by molar-refractivity contribution is -0.148. The van der Waals surface area contributed by atoms with Crippen LogP contribution in [0.25, 0.3) is 0 Å². The molecule has 0 radical (unpaired) electrons. The van der Waals surface area contributed by atoms with Gasteiger partial charge in [-0.05, 0) is 56.2 Å². The maximum Gasteiger partial charge on any atom is 0.406 e. The van der Waals surface area contributed by atoms with Gasteiger partial charge in [0, 0.05) is 19.3 Å². The summed E-state index contributed by atoms with van der Waals surface area (Å²) in [7, 11) is -1.42. The van der Waals surface area contributed by atoms with E-state index in [1.807, 2.05) is 4.72 Å². The summed E-state index contributed by atoms with van der Waals surface area (Å²) in [5.74, 6) is 0.570. The number of anilines is 1. The van der Waals surface area contributed by atoms with E-state index in [9.17, 15) is 21.6 Å². The number of nitrogens with zero attached hydrogens (tertiary/aromatic N) is 1. The second-order valence-electron chi connectivity index (χ2n) is 7.02. The lowest BCUT2D eigenvalue weighted by Gasteiger charge is -2.28. The highest BCUT2D eigenvalue weighted by Gasteiger charge is 2.43. The van der Waals surface area contributed by atoms with Gasteiger partial charge < -0.3 is 9.64 Å². The zero-order valence-corrected chi connectivity index (χ0v) is 17.8. The van der Waals surface area contributed by atoms with Crippen molar-refractivity contribution in [2.24, 2.45) is 0 Å². The molecule has 0 aromatic heterocycles. The van der Waals surface area contributed by atoms with Gasteiger partial charge in [-0.25, -0.2) is 8.42 Å².